The number of carbonyl (C=O) groups excluding carboxylic acids is 1. The Morgan fingerprint density at radius 3 is 2.90 bits per heavy atom. The Morgan fingerprint density at radius 2 is 2.10 bits per heavy atom. The van der Waals surface area contributed by atoms with Crippen molar-refractivity contribution in [1.82, 2.24) is 29.6 Å². The van der Waals surface area contributed by atoms with E-state index < -0.39 is 0 Å². The van der Waals surface area contributed by atoms with E-state index in [0.717, 1.165) is 16.8 Å². The summed E-state index contributed by atoms with van der Waals surface area (Å²) in [5.41, 5.74) is 3.25. The van der Waals surface area contributed by atoms with Gasteiger partial charge in [-0.1, -0.05) is 12.1 Å². The van der Waals surface area contributed by atoms with Crippen LogP contribution in [-0.2, 0) is 4.79 Å². The first-order chi connectivity index (χ1) is 15.1. The normalized spacial score (nSPS) is 15.6. The number of ether oxygens (including phenoxy) is 2. The van der Waals surface area contributed by atoms with E-state index >= 15 is 0 Å². The molecule has 0 saturated carbocycles. The van der Waals surface area contributed by atoms with Crippen molar-refractivity contribution in [3.05, 3.63) is 53.5 Å². The van der Waals surface area contributed by atoms with Crippen LogP contribution in [0, 0.1) is 6.92 Å². The van der Waals surface area contributed by atoms with Gasteiger partial charge in [0, 0.05) is 23.5 Å². The van der Waals surface area contributed by atoms with E-state index in [1.165, 1.54) is 6.33 Å². The van der Waals surface area contributed by atoms with Gasteiger partial charge in [-0.25, -0.2) is 0 Å². The van der Waals surface area contributed by atoms with Crippen molar-refractivity contribution in [1.29, 1.82) is 0 Å². The predicted molar refractivity (Wildman–Crippen MR) is 112 cm³/mol. The number of benzene rings is 1. The van der Waals surface area contributed by atoms with Crippen LogP contribution in [0.15, 0.2) is 36.7 Å². The van der Waals surface area contributed by atoms with Crippen LogP contribution in [-0.4, -0.2) is 49.2 Å². The first kappa shape index (κ1) is 19.0. The Balaban J connectivity index is 1.68. The standard InChI is InChI=1S/C21H21N7O3/c1-4-31-20-13(6-5-7-15(20)30-3)14-10-18(29)23-21-19(14)12(2)25-28(21)17-9-8-16-24-22-11-27(16)26-17/h5-9,11,14H,4,10H2,1-3H3,(H,23,29). The first-order valence-corrected chi connectivity index (χ1v) is 9.97. The minimum atomic E-state index is -0.229. The number of hydrogen-bond acceptors (Lipinski definition) is 7. The minimum absolute atomic E-state index is 0.103. The number of aromatic nitrogens is 6. The molecule has 1 N–H and O–H groups in total. The van der Waals surface area contributed by atoms with Gasteiger partial charge >= 0.3 is 0 Å². The number of aryl methyl sites for hydroxylation is 1. The number of hydrogen-bond donors (Lipinski definition) is 1. The van der Waals surface area contributed by atoms with E-state index in [9.17, 15) is 4.79 Å². The molecule has 4 aromatic rings. The maximum Gasteiger partial charge on any atom is 0.226 e. The number of carbonyl (C=O) groups is 1. The molecule has 1 atom stereocenters. The van der Waals surface area contributed by atoms with Gasteiger partial charge < -0.3 is 14.8 Å². The highest BCUT2D eigenvalue weighted by Gasteiger charge is 2.35. The van der Waals surface area contributed by atoms with Crippen LogP contribution in [0.2, 0.25) is 0 Å². The molecule has 1 aliphatic heterocycles. The van der Waals surface area contributed by atoms with E-state index in [2.05, 4.69) is 20.6 Å². The highest BCUT2D eigenvalue weighted by atomic mass is 16.5. The van der Waals surface area contributed by atoms with Crippen LogP contribution in [0.4, 0.5) is 5.82 Å². The second-order valence-electron chi connectivity index (χ2n) is 7.20. The van der Waals surface area contributed by atoms with E-state index in [1.807, 2.05) is 32.0 Å². The molecule has 1 amide bonds. The summed E-state index contributed by atoms with van der Waals surface area (Å²) < 4.78 is 14.6. The zero-order valence-electron chi connectivity index (χ0n) is 17.4. The van der Waals surface area contributed by atoms with Gasteiger partial charge in [-0.15, -0.1) is 15.3 Å². The number of nitrogens with zero attached hydrogens (tertiary/aromatic N) is 6. The number of nitrogens with one attached hydrogen (secondary N) is 1. The van der Waals surface area contributed by atoms with E-state index in [1.54, 1.807) is 28.4 Å². The Bertz CT molecular complexity index is 1290. The van der Waals surface area contributed by atoms with Crippen LogP contribution in [0.5, 0.6) is 11.5 Å². The van der Waals surface area contributed by atoms with Crippen molar-refractivity contribution in [2.75, 3.05) is 19.0 Å². The molecule has 4 heterocycles. The van der Waals surface area contributed by atoms with Gasteiger partial charge in [-0.3, -0.25) is 4.79 Å². The molecule has 10 heteroatoms. The highest BCUT2D eigenvalue weighted by Crippen LogP contribution is 2.45. The summed E-state index contributed by atoms with van der Waals surface area (Å²) in [7, 11) is 1.61. The Hall–Kier alpha value is -3.95. The molecule has 3 aromatic heterocycles. The third-order valence-corrected chi connectivity index (χ3v) is 5.36. The van der Waals surface area contributed by atoms with Crippen LogP contribution < -0.4 is 14.8 Å². The summed E-state index contributed by atoms with van der Waals surface area (Å²) in [6.45, 7) is 4.34. The molecule has 158 valence electrons. The maximum absolute atomic E-state index is 12.7. The maximum atomic E-state index is 12.7. The lowest BCUT2D eigenvalue weighted by Gasteiger charge is -2.26. The van der Waals surface area contributed by atoms with Gasteiger partial charge in [-0.2, -0.15) is 14.3 Å². The van der Waals surface area contributed by atoms with Crippen molar-refractivity contribution < 1.29 is 14.3 Å². The largest absolute Gasteiger partial charge is 0.493 e. The number of amides is 1. The van der Waals surface area contributed by atoms with Gasteiger partial charge in [0.1, 0.15) is 12.1 Å². The molecule has 0 bridgehead atoms. The molecule has 1 unspecified atom stereocenters. The number of fused-ring (bicyclic) bond motifs is 2. The minimum Gasteiger partial charge on any atom is -0.493 e. The summed E-state index contributed by atoms with van der Waals surface area (Å²) in [5.74, 6) is 2.10. The molecule has 10 nitrogen and oxygen atoms in total. The van der Waals surface area contributed by atoms with Crippen molar-refractivity contribution in [3.8, 4) is 17.3 Å². The summed E-state index contributed by atoms with van der Waals surface area (Å²) in [5, 5.41) is 20.0. The predicted octanol–water partition coefficient (Wildman–Crippen LogP) is 2.50. The molecule has 5 rings (SSSR count). The Labute approximate surface area is 177 Å². The molecule has 1 aliphatic rings. The topological polar surface area (TPSA) is 108 Å². The van der Waals surface area contributed by atoms with Gasteiger partial charge in [0.15, 0.2) is 23.0 Å². The fourth-order valence-corrected chi connectivity index (χ4v) is 4.08. The third kappa shape index (κ3) is 3.07. The molecule has 0 spiro atoms. The molecule has 31 heavy (non-hydrogen) atoms. The summed E-state index contributed by atoms with van der Waals surface area (Å²) in [6.07, 6.45) is 1.80. The summed E-state index contributed by atoms with van der Waals surface area (Å²) in [4.78, 5) is 12.7. The van der Waals surface area contributed by atoms with Crippen LogP contribution in [0.25, 0.3) is 11.5 Å². The average Bonchev–Trinajstić information content (AvgIpc) is 3.37. The molecule has 0 fully saturated rings. The van der Waals surface area contributed by atoms with Crippen LogP contribution in [0.3, 0.4) is 0 Å². The molecule has 1 aromatic carbocycles. The second-order valence-corrected chi connectivity index (χ2v) is 7.20. The van der Waals surface area contributed by atoms with Gasteiger partial charge in [0.05, 0.1) is 19.4 Å². The summed E-state index contributed by atoms with van der Waals surface area (Å²) >= 11 is 0. The zero-order chi connectivity index (χ0) is 21.5. The van der Waals surface area contributed by atoms with Crippen molar-refractivity contribution in [2.45, 2.75) is 26.2 Å². The summed E-state index contributed by atoms with van der Waals surface area (Å²) in [6, 6.07) is 9.33. The van der Waals surface area contributed by atoms with Crippen molar-refractivity contribution in [3.63, 3.8) is 0 Å². The smallest absolute Gasteiger partial charge is 0.226 e. The lowest BCUT2D eigenvalue weighted by molar-refractivity contribution is -0.116. The van der Waals surface area contributed by atoms with Crippen LogP contribution in [0.1, 0.15) is 36.1 Å². The first-order valence-electron chi connectivity index (χ1n) is 9.97. The third-order valence-electron chi connectivity index (χ3n) is 5.36. The van der Waals surface area contributed by atoms with E-state index in [0.29, 0.717) is 35.4 Å². The van der Waals surface area contributed by atoms with Gasteiger partial charge in [0.2, 0.25) is 5.91 Å². The lowest BCUT2D eigenvalue weighted by Crippen LogP contribution is -2.25. The Kier molecular flexibility index (Phi) is 4.54. The quantitative estimate of drug-likeness (QED) is 0.529. The van der Waals surface area contributed by atoms with Gasteiger partial charge in [-0.05, 0) is 32.0 Å². The fraction of sp³-hybridized carbons (Fsp3) is 0.286. The molecular formula is C21H21N7O3. The van der Waals surface area contributed by atoms with Crippen molar-refractivity contribution >= 4 is 17.4 Å². The van der Waals surface area contributed by atoms with Crippen molar-refractivity contribution in [2.24, 2.45) is 0 Å². The molecule has 0 aliphatic carbocycles. The lowest BCUT2D eigenvalue weighted by atomic mass is 9.85. The van der Waals surface area contributed by atoms with Crippen LogP contribution >= 0.6 is 0 Å². The fourth-order valence-electron chi connectivity index (χ4n) is 4.08. The second kappa shape index (κ2) is 7.38. The Morgan fingerprint density at radius 1 is 1.23 bits per heavy atom. The molecule has 0 radical (unpaired) electrons. The number of anilines is 1. The average molecular weight is 419 g/mol. The van der Waals surface area contributed by atoms with E-state index in [-0.39, 0.29) is 18.2 Å². The number of para-hydroxylation sites is 1. The molecular weight excluding hydrogens is 398 g/mol. The SMILES string of the molecule is CCOc1c(OC)cccc1C1CC(=O)Nc2c1c(C)nn2-c1ccc2nncn2n1. The molecule has 0 saturated heterocycles. The van der Waals surface area contributed by atoms with E-state index in [4.69, 9.17) is 14.6 Å². The highest BCUT2D eigenvalue weighted by molar-refractivity contribution is 5.95. The monoisotopic (exact) mass is 419 g/mol. The number of methoxy groups -OCH3 is 1. The number of rotatable bonds is 5. The zero-order valence-corrected chi connectivity index (χ0v) is 17.4. The van der Waals surface area contributed by atoms with Gasteiger partial charge in [0.25, 0.3) is 0 Å².